The quantitative estimate of drug-likeness (QED) is 0.527. The molecule has 2 aromatic rings. The van der Waals surface area contributed by atoms with E-state index in [4.69, 9.17) is 9.84 Å². The van der Waals surface area contributed by atoms with E-state index in [0.29, 0.717) is 18.9 Å². The predicted molar refractivity (Wildman–Crippen MR) is 131 cm³/mol. The number of aliphatic carboxylic acids is 1. The zero-order valence-corrected chi connectivity index (χ0v) is 19.7. The van der Waals surface area contributed by atoms with Crippen molar-refractivity contribution in [2.24, 2.45) is 17.8 Å². The average molecular weight is 477 g/mol. The summed E-state index contributed by atoms with van der Waals surface area (Å²) >= 11 is 0. The topological polar surface area (TPSA) is 105 Å². The minimum absolute atomic E-state index is 0.0249. The van der Waals surface area contributed by atoms with Gasteiger partial charge in [0.2, 0.25) is 5.91 Å². The zero-order chi connectivity index (χ0) is 24.4. The Balaban J connectivity index is 1.05. The maximum atomic E-state index is 12.6. The molecule has 0 bridgehead atoms. The van der Waals surface area contributed by atoms with Crippen LogP contribution in [0.3, 0.4) is 0 Å². The van der Waals surface area contributed by atoms with E-state index >= 15 is 0 Å². The molecule has 2 saturated carbocycles. The van der Waals surface area contributed by atoms with Crippen LogP contribution in [-0.4, -0.2) is 42.3 Å². The van der Waals surface area contributed by atoms with Gasteiger partial charge in [0.15, 0.2) is 0 Å². The predicted octanol–water partition coefficient (Wildman–Crippen LogP) is 4.31. The number of benzene rings is 2. The van der Waals surface area contributed by atoms with Crippen molar-refractivity contribution in [3.63, 3.8) is 0 Å². The fraction of sp³-hybridized carbons (Fsp3) is 0.464. The van der Waals surface area contributed by atoms with Gasteiger partial charge in [-0.3, -0.25) is 9.59 Å². The number of hydrogen-bond acceptors (Lipinski definition) is 4. The van der Waals surface area contributed by atoms with Crippen LogP contribution in [0.4, 0.5) is 4.79 Å². The number of carboxylic acids is 1. The van der Waals surface area contributed by atoms with Gasteiger partial charge in [-0.1, -0.05) is 48.5 Å². The molecule has 5 rings (SSSR count). The molecule has 2 atom stereocenters. The van der Waals surface area contributed by atoms with Crippen molar-refractivity contribution < 1.29 is 24.2 Å². The summed E-state index contributed by atoms with van der Waals surface area (Å²) in [5.41, 5.74) is 4.75. The Hall–Kier alpha value is -3.35. The summed E-state index contributed by atoms with van der Waals surface area (Å²) in [6.07, 6.45) is 3.63. The lowest BCUT2D eigenvalue weighted by Crippen LogP contribution is -2.39. The molecule has 0 aliphatic heterocycles. The average Bonchev–Trinajstić information content (AvgIpc) is 3.41. The standard InChI is InChI=1S/C28H32N2O5/c31-26(32)13-17-11-18(12-17)15-29-27(33)19-9-10-20(14-19)30-28(34)35-16-25-23-7-3-1-5-21(23)22-6-2-4-8-24(22)25/h1-8,17-20,25H,9-16H2,(H,29,33)(H,30,34)(H,31,32). The number of alkyl carbamates (subject to hydrolysis) is 1. The van der Waals surface area contributed by atoms with Gasteiger partial charge in [-0.25, -0.2) is 4.79 Å². The highest BCUT2D eigenvalue weighted by atomic mass is 16.5. The number of carbonyl (C=O) groups excluding carboxylic acids is 2. The lowest BCUT2D eigenvalue weighted by molar-refractivity contribution is -0.139. The summed E-state index contributed by atoms with van der Waals surface area (Å²) in [5, 5.41) is 14.8. The molecule has 3 aliphatic carbocycles. The molecule has 0 radical (unpaired) electrons. The van der Waals surface area contributed by atoms with Gasteiger partial charge in [-0.2, -0.15) is 0 Å². The van der Waals surface area contributed by atoms with Gasteiger partial charge >= 0.3 is 12.1 Å². The third kappa shape index (κ3) is 5.19. The van der Waals surface area contributed by atoms with Crippen molar-refractivity contribution in [2.45, 2.75) is 50.5 Å². The Morgan fingerprint density at radius 1 is 0.886 bits per heavy atom. The lowest BCUT2D eigenvalue weighted by atomic mass is 9.73. The van der Waals surface area contributed by atoms with E-state index < -0.39 is 12.1 Å². The molecule has 2 fully saturated rings. The first-order valence-electron chi connectivity index (χ1n) is 12.6. The largest absolute Gasteiger partial charge is 0.481 e. The molecule has 7 heteroatoms. The molecule has 2 unspecified atom stereocenters. The van der Waals surface area contributed by atoms with Gasteiger partial charge in [0.05, 0.1) is 0 Å². The van der Waals surface area contributed by atoms with Crippen LogP contribution in [-0.2, 0) is 14.3 Å². The van der Waals surface area contributed by atoms with Crippen molar-refractivity contribution in [3.8, 4) is 11.1 Å². The highest BCUT2D eigenvalue weighted by Gasteiger charge is 2.34. The van der Waals surface area contributed by atoms with Crippen LogP contribution in [0.5, 0.6) is 0 Å². The summed E-state index contributed by atoms with van der Waals surface area (Å²) in [5.74, 6) is -0.186. The number of rotatable bonds is 8. The van der Waals surface area contributed by atoms with Gasteiger partial charge < -0.3 is 20.5 Å². The van der Waals surface area contributed by atoms with Crippen molar-refractivity contribution in [2.75, 3.05) is 13.2 Å². The molecule has 0 spiro atoms. The van der Waals surface area contributed by atoms with Gasteiger partial charge in [-0.05, 0) is 66.2 Å². The summed E-state index contributed by atoms with van der Waals surface area (Å²) in [4.78, 5) is 35.9. The summed E-state index contributed by atoms with van der Waals surface area (Å²) in [6, 6.07) is 16.4. The van der Waals surface area contributed by atoms with E-state index in [1.54, 1.807) is 0 Å². The molecule has 3 N–H and O–H groups in total. The van der Waals surface area contributed by atoms with Gasteiger partial charge in [0, 0.05) is 30.8 Å². The SMILES string of the molecule is O=C(O)CC1CC(CNC(=O)C2CCC(NC(=O)OCC3c4ccccc4-c4ccccc43)C2)C1. The number of carbonyl (C=O) groups is 3. The Labute approximate surface area is 205 Å². The fourth-order valence-corrected chi connectivity index (χ4v) is 6.00. The lowest BCUT2D eigenvalue weighted by Gasteiger charge is -2.34. The third-order valence-corrected chi connectivity index (χ3v) is 7.83. The Morgan fingerprint density at radius 3 is 2.20 bits per heavy atom. The monoisotopic (exact) mass is 476 g/mol. The molecular weight excluding hydrogens is 444 g/mol. The molecule has 2 amide bonds. The van der Waals surface area contributed by atoms with E-state index in [1.807, 2.05) is 24.3 Å². The highest BCUT2D eigenvalue weighted by Crippen LogP contribution is 2.44. The Kier molecular flexibility index (Phi) is 6.75. The number of carboxylic acid groups (broad SMARTS) is 1. The maximum Gasteiger partial charge on any atom is 0.407 e. The molecular formula is C28H32N2O5. The molecule has 35 heavy (non-hydrogen) atoms. The summed E-state index contributed by atoms with van der Waals surface area (Å²) in [7, 11) is 0. The maximum absolute atomic E-state index is 12.6. The van der Waals surface area contributed by atoms with Crippen molar-refractivity contribution in [1.82, 2.24) is 10.6 Å². The number of fused-ring (bicyclic) bond motifs is 3. The van der Waals surface area contributed by atoms with Crippen molar-refractivity contribution in [3.05, 3.63) is 59.7 Å². The van der Waals surface area contributed by atoms with E-state index in [2.05, 4.69) is 34.9 Å². The fourth-order valence-electron chi connectivity index (χ4n) is 6.00. The first-order valence-corrected chi connectivity index (χ1v) is 12.6. The second-order valence-corrected chi connectivity index (χ2v) is 10.2. The molecule has 7 nitrogen and oxygen atoms in total. The van der Waals surface area contributed by atoms with Crippen LogP contribution in [0.25, 0.3) is 11.1 Å². The second kappa shape index (κ2) is 10.1. The van der Waals surface area contributed by atoms with E-state index in [-0.39, 0.29) is 42.7 Å². The minimum atomic E-state index is -0.751. The first kappa shape index (κ1) is 23.4. The van der Waals surface area contributed by atoms with Gasteiger partial charge in [0.1, 0.15) is 6.61 Å². The first-order chi connectivity index (χ1) is 17.0. The third-order valence-electron chi connectivity index (χ3n) is 7.83. The molecule has 2 aromatic carbocycles. The number of amides is 2. The molecule has 0 saturated heterocycles. The Morgan fingerprint density at radius 2 is 1.54 bits per heavy atom. The van der Waals surface area contributed by atoms with Gasteiger partial charge in [-0.15, -0.1) is 0 Å². The number of ether oxygens (including phenoxy) is 1. The van der Waals surface area contributed by atoms with E-state index in [9.17, 15) is 14.4 Å². The van der Waals surface area contributed by atoms with Crippen LogP contribution in [0.15, 0.2) is 48.5 Å². The number of hydrogen-bond donors (Lipinski definition) is 3. The molecule has 3 aliphatic rings. The van der Waals surface area contributed by atoms with Crippen molar-refractivity contribution >= 4 is 18.0 Å². The van der Waals surface area contributed by atoms with Crippen LogP contribution < -0.4 is 10.6 Å². The minimum Gasteiger partial charge on any atom is -0.481 e. The van der Waals surface area contributed by atoms with E-state index in [1.165, 1.54) is 22.3 Å². The normalized spacial score (nSPS) is 24.7. The molecule has 0 aromatic heterocycles. The van der Waals surface area contributed by atoms with Crippen LogP contribution >= 0.6 is 0 Å². The van der Waals surface area contributed by atoms with Crippen LogP contribution in [0, 0.1) is 17.8 Å². The van der Waals surface area contributed by atoms with Gasteiger partial charge in [0.25, 0.3) is 0 Å². The second-order valence-electron chi connectivity index (χ2n) is 10.2. The van der Waals surface area contributed by atoms with Crippen LogP contribution in [0.2, 0.25) is 0 Å². The molecule has 184 valence electrons. The summed E-state index contributed by atoms with van der Waals surface area (Å²) in [6.45, 7) is 0.886. The summed E-state index contributed by atoms with van der Waals surface area (Å²) < 4.78 is 5.64. The number of nitrogens with one attached hydrogen (secondary N) is 2. The smallest absolute Gasteiger partial charge is 0.407 e. The highest BCUT2D eigenvalue weighted by molar-refractivity contribution is 5.80. The zero-order valence-electron chi connectivity index (χ0n) is 19.7. The van der Waals surface area contributed by atoms with E-state index in [0.717, 1.165) is 25.7 Å². The van der Waals surface area contributed by atoms with Crippen LogP contribution in [0.1, 0.15) is 55.6 Å². The van der Waals surface area contributed by atoms with Crippen molar-refractivity contribution in [1.29, 1.82) is 0 Å². The Bertz CT molecular complexity index is 1060. The molecule has 0 heterocycles.